The Morgan fingerprint density at radius 2 is 1.91 bits per heavy atom. The molecule has 0 unspecified atom stereocenters. The first-order valence-electron chi connectivity index (χ1n) is 8.28. The van der Waals surface area contributed by atoms with E-state index >= 15 is 0 Å². The number of rotatable bonds is 4. The molecule has 1 heterocycles. The van der Waals surface area contributed by atoms with E-state index in [-0.39, 0.29) is 5.91 Å². The van der Waals surface area contributed by atoms with Gasteiger partial charge in [0.1, 0.15) is 0 Å². The molecule has 3 nitrogen and oxygen atoms in total. The predicted octanol–water partition coefficient (Wildman–Crippen LogP) is 3.09. The largest absolute Gasteiger partial charge is 0.351 e. The van der Waals surface area contributed by atoms with Gasteiger partial charge < -0.3 is 5.32 Å². The van der Waals surface area contributed by atoms with E-state index < -0.39 is 0 Å². The molecule has 0 fully saturated rings. The molecule has 0 aliphatic carbocycles. The number of aryl methyl sites for hydroxylation is 2. The standard InChI is InChI=1S/C20H24N2O/c1-15-7-8-16(2)19(13-15)20(23)21-10-12-22-11-9-17-5-3-4-6-18(17)14-22/h3-8,13H,9-12,14H2,1-2H3,(H,21,23). The molecule has 1 N–H and O–H groups in total. The number of fused-ring (bicyclic) bond motifs is 1. The number of amides is 1. The van der Waals surface area contributed by atoms with Crippen LogP contribution in [0.1, 0.15) is 32.6 Å². The number of hydrogen-bond donors (Lipinski definition) is 1. The SMILES string of the molecule is Cc1ccc(C)c(C(=O)NCCN2CCc3ccccc3C2)c1. The highest BCUT2D eigenvalue weighted by molar-refractivity contribution is 5.95. The summed E-state index contributed by atoms with van der Waals surface area (Å²) in [4.78, 5) is 14.7. The summed E-state index contributed by atoms with van der Waals surface area (Å²) in [6.07, 6.45) is 1.10. The molecule has 1 amide bonds. The van der Waals surface area contributed by atoms with Crippen molar-refractivity contribution in [3.8, 4) is 0 Å². The minimum atomic E-state index is 0.0311. The van der Waals surface area contributed by atoms with Crippen LogP contribution in [0.15, 0.2) is 42.5 Å². The van der Waals surface area contributed by atoms with Gasteiger partial charge in [-0.1, -0.05) is 42.0 Å². The maximum absolute atomic E-state index is 12.3. The molecule has 120 valence electrons. The lowest BCUT2D eigenvalue weighted by Gasteiger charge is -2.28. The number of hydrogen-bond acceptors (Lipinski definition) is 2. The number of nitrogens with one attached hydrogen (secondary N) is 1. The third kappa shape index (κ3) is 3.80. The summed E-state index contributed by atoms with van der Waals surface area (Å²) in [5, 5.41) is 3.06. The van der Waals surface area contributed by atoms with Crippen molar-refractivity contribution in [1.29, 1.82) is 0 Å². The minimum absolute atomic E-state index is 0.0311. The Hall–Kier alpha value is -2.13. The van der Waals surface area contributed by atoms with Gasteiger partial charge in [0.25, 0.3) is 5.91 Å². The third-order valence-corrected chi connectivity index (χ3v) is 4.56. The Kier molecular flexibility index (Phi) is 4.77. The van der Waals surface area contributed by atoms with Crippen LogP contribution < -0.4 is 5.32 Å². The molecule has 0 saturated carbocycles. The Morgan fingerprint density at radius 3 is 2.74 bits per heavy atom. The van der Waals surface area contributed by atoms with Crippen LogP contribution in [0.2, 0.25) is 0 Å². The quantitative estimate of drug-likeness (QED) is 0.941. The van der Waals surface area contributed by atoms with E-state index in [0.717, 1.165) is 42.7 Å². The highest BCUT2D eigenvalue weighted by Gasteiger charge is 2.15. The van der Waals surface area contributed by atoms with E-state index in [1.54, 1.807) is 0 Å². The van der Waals surface area contributed by atoms with Crippen molar-refractivity contribution < 1.29 is 4.79 Å². The van der Waals surface area contributed by atoms with Crippen molar-refractivity contribution in [2.24, 2.45) is 0 Å². The molecule has 0 spiro atoms. The fraction of sp³-hybridized carbons (Fsp3) is 0.350. The first-order chi connectivity index (χ1) is 11.1. The minimum Gasteiger partial charge on any atom is -0.351 e. The van der Waals surface area contributed by atoms with E-state index in [1.807, 2.05) is 32.0 Å². The summed E-state index contributed by atoms with van der Waals surface area (Å²) in [7, 11) is 0. The topological polar surface area (TPSA) is 32.3 Å². The smallest absolute Gasteiger partial charge is 0.251 e. The van der Waals surface area contributed by atoms with Gasteiger partial charge in [0.05, 0.1) is 0 Å². The van der Waals surface area contributed by atoms with Crippen molar-refractivity contribution in [2.75, 3.05) is 19.6 Å². The van der Waals surface area contributed by atoms with Gasteiger partial charge >= 0.3 is 0 Å². The highest BCUT2D eigenvalue weighted by Crippen LogP contribution is 2.17. The molecular weight excluding hydrogens is 284 g/mol. The fourth-order valence-corrected chi connectivity index (χ4v) is 3.15. The molecule has 0 saturated heterocycles. The number of benzene rings is 2. The molecule has 1 aliphatic heterocycles. The Bertz CT molecular complexity index is 709. The molecule has 0 aromatic heterocycles. The lowest BCUT2D eigenvalue weighted by Crippen LogP contribution is -2.38. The lowest BCUT2D eigenvalue weighted by molar-refractivity contribution is 0.0946. The average molecular weight is 308 g/mol. The van der Waals surface area contributed by atoms with Gasteiger partial charge in [0.15, 0.2) is 0 Å². The zero-order valence-electron chi connectivity index (χ0n) is 13.9. The third-order valence-electron chi connectivity index (χ3n) is 4.56. The summed E-state index contributed by atoms with van der Waals surface area (Å²) in [5.41, 5.74) is 5.81. The first kappa shape index (κ1) is 15.8. The summed E-state index contributed by atoms with van der Waals surface area (Å²) in [6, 6.07) is 14.6. The van der Waals surface area contributed by atoms with Gasteiger partial charge in [0, 0.05) is 31.7 Å². The van der Waals surface area contributed by atoms with Crippen LogP contribution in [0.4, 0.5) is 0 Å². The average Bonchev–Trinajstić information content (AvgIpc) is 2.57. The Balaban J connectivity index is 1.52. The second kappa shape index (κ2) is 6.97. The van der Waals surface area contributed by atoms with Gasteiger partial charge in [-0.15, -0.1) is 0 Å². The van der Waals surface area contributed by atoms with Crippen LogP contribution in [-0.2, 0) is 13.0 Å². The molecule has 2 aromatic rings. The molecule has 3 rings (SSSR count). The second-order valence-corrected chi connectivity index (χ2v) is 6.37. The van der Waals surface area contributed by atoms with Crippen molar-refractivity contribution in [1.82, 2.24) is 10.2 Å². The van der Waals surface area contributed by atoms with Crippen molar-refractivity contribution in [3.63, 3.8) is 0 Å². The summed E-state index contributed by atoms with van der Waals surface area (Å²) in [5.74, 6) is 0.0311. The van der Waals surface area contributed by atoms with Crippen molar-refractivity contribution in [3.05, 3.63) is 70.3 Å². The van der Waals surface area contributed by atoms with Crippen LogP contribution in [0, 0.1) is 13.8 Å². The molecule has 0 bridgehead atoms. The molecule has 3 heteroatoms. The molecule has 1 aliphatic rings. The zero-order valence-corrected chi connectivity index (χ0v) is 13.9. The van der Waals surface area contributed by atoms with Crippen LogP contribution in [0.5, 0.6) is 0 Å². The fourth-order valence-electron chi connectivity index (χ4n) is 3.15. The van der Waals surface area contributed by atoms with Gasteiger partial charge in [-0.3, -0.25) is 9.69 Å². The van der Waals surface area contributed by atoms with Crippen molar-refractivity contribution >= 4 is 5.91 Å². The first-order valence-corrected chi connectivity index (χ1v) is 8.28. The summed E-state index contributed by atoms with van der Waals surface area (Å²) >= 11 is 0. The van der Waals surface area contributed by atoms with E-state index in [4.69, 9.17) is 0 Å². The number of carbonyl (C=O) groups excluding carboxylic acids is 1. The summed E-state index contributed by atoms with van der Waals surface area (Å²) in [6.45, 7) is 7.63. The summed E-state index contributed by atoms with van der Waals surface area (Å²) < 4.78 is 0. The predicted molar refractivity (Wildman–Crippen MR) is 93.7 cm³/mol. The Labute approximate surface area is 138 Å². The van der Waals surface area contributed by atoms with Crippen LogP contribution in [-0.4, -0.2) is 30.4 Å². The van der Waals surface area contributed by atoms with E-state index in [2.05, 4.69) is 34.5 Å². The molecule has 23 heavy (non-hydrogen) atoms. The Morgan fingerprint density at radius 1 is 1.13 bits per heavy atom. The van der Waals surface area contributed by atoms with E-state index in [0.29, 0.717) is 6.54 Å². The maximum Gasteiger partial charge on any atom is 0.251 e. The van der Waals surface area contributed by atoms with Crippen LogP contribution >= 0.6 is 0 Å². The van der Waals surface area contributed by atoms with Gasteiger partial charge in [0.2, 0.25) is 0 Å². The second-order valence-electron chi connectivity index (χ2n) is 6.37. The maximum atomic E-state index is 12.3. The lowest BCUT2D eigenvalue weighted by atomic mass is 10.00. The van der Waals surface area contributed by atoms with Crippen LogP contribution in [0.25, 0.3) is 0 Å². The number of carbonyl (C=O) groups is 1. The highest BCUT2D eigenvalue weighted by atomic mass is 16.1. The van der Waals surface area contributed by atoms with Crippen molar-refractivity contribution in [2.45, 2.75) is 26.8 Å². The van der Waals surface area contributed by atoms with Crippen LogP contribution in [0.3, 0.4) is 0 Å². The normalized spacial score (nSPS) is 14.3. The van der Waals surface area contributed by atoms with E-state index in [9.17, 15) is 4.79 Å². The zero-order chi connectivity index (χ0) is 16.2. The molecular formula is C20H24N2O. The monoisotopic (exact) mass is 308 g/mol. The van der Waals surface area contributed by atoms with Gasteiger partial charge in [-0.05, 0) is 43.0 Å². The molecule has 2 aromatic carbocycles. The van der Waals surface area contributed by atoms with Gasteiger partial charge in [-0.2, -0.15) is 0 Å². The van der Waals surface area contributed by atoms with Gasteiger partial charge in [-0.25, -0.2) is 0 Å². The number of nitrogens with zero attached hydrogens (tertiary/aromatic N) is 1. The molecule has 0 atom stereocenters. The van der Waals surface area contributed by atoms with E-state index in [1.165, 1.54) is 11.1 Å². The molecule has 0 radical (unpaired) electrons.